The Hall–Kier alpha value is -1.39. The molecule has 0 amide bonds. The van der Waals surface area contributed by atoms with E-state index in [-0.39, 0.29) is 0 Å². The third kappa shape index (κ3) is 2.09. The van der Waals surface area contributed by atoms with E-state index in [2.05, 4.69) is 40.8 Å². The lowest BCUT2D eigenvalue weighted by atomic mass is 9.72. The van der Waals surface area contributed by atoms with Crippen molar-refractivity contribution in [1.29, 1.82) is 0 Å². The second-order valence-corrected chi connectivity index (χ2v) is 6.66. The highest BCUT2D eigenvalue weighted by molar-refractivity contribution is 5.75. The van der Waals surface area contributed by atoms with Gasteiger partial charge in [0.05, 0.1) is 11.0 Å². The smallest absolute Gasteiger partial charge is 0.114 e. The van der Waals surface area contributed by atoms with Crippen LogP contribution in [0.2, 0.25) is 0 Å². The monoisotopic (exact) mass is 284 g/mol. The van der Waals surface area contributed by atoms with Crippen LogP contribution in [0.4, 0.5) is 0 Å². The van der Waals surface area contributed by atoms with Crippen molar-refractivity contribution >= 4 is 11.0 Å². The zero-order chi connectivity index (χ0) is 14.4. The number of piperidine rings is 3. The van der Waals surface area contributed by atoms with Crippen LogP contribution in [0.1, 0.15) is 24.6 Å². The summed E-state index contributed by atoms with van der Waals surface area (Å²) in [4.78, 5) is 7.51. The first-order chi connectivity index (χ1) is 10.3. The lowest BCUT2D eigenvalue weighted by Crippen LogP contribution is -2.50. The fourth-order valence-electron chi connectivity index (χ4n) is 4.43. The third-order valence-electron chi connectivity index (χ3n) is 5.63. The molecular formula is C17H24N4. The highest BCUT2D eigenvalue weighted by Crippen LogP contribution is 2.40. The minimum absolute atomic E-state index is 0.385. The van der Waals surface area contributed by atoms with Crippen molar-refractivity contribution in [2.24, 2.45) is 24.6 Å². The number of benzene rings is 1. The molecule has 2 aromatic rings. The van der Waals surface area contributed by atoms with Crippen molar-refractivity contribution in [2.75, 3.05) is 26.2 Å². The maximum absolute atomic E-state index is 6.19. The van der Waals surface area contributed by atoms with Gasteiger partial charge in [0.1, 0.15) is 5.82 Å². The molecule has 0 saturated carbocycles. The number of para-hydroxylation sites is 2. The van der Waals surface area contributed by atoms with E-state index in [0.717, 1.165) is 11.4 Å². The zero-order valence-corrected chi connectivity index (χ0v) is 12.7. The van der Waals surface area contributed by atoms with Crippen molar-refractivity contribution in [2.45, 2.75) is 18.8 Å². The molecule has 112 valence electrons. The molecule has 3 fully saturated rings. The summed E-state index contributed by atoms with van der Waals surface area (Å²) in [7, 11) is 2.13. The molecular weight excluding hydrogens is 260 g/mol. The first-order valence-corrected chi connectivity index (χ1v) is 8.11. The first kappa shape index (κ1) is 13.3. The fourth-order valence-corrected chi connectivity index (χ4v) is 4.43. The average molecular weight is 284 g/mol. The van der Waals surface area contributed by atoms with Gasteiger partial charge in [0.2, 0.25) is 0 Å². The predicted octanol–water partition coefficient (Wildman–Crippen LogP) is 1.96. The Kier molecular flexibility index (Phi) is 3.23. The van der Waals surface area contributed by atoms with E-state index < -0.39 is 0 Å². The molecule has 0 spiro atoms. The molecule has 2 bridgehead atoms. The minimum atomic E-state index is 0.385. The Labute approximate surface area is 125 Å². The third-order valence-corrected chi connectivity index (χ3v) is 5.63. The van der Waals surface area contributed by atoms with Gasteiger partial charge in [-0.15, -0.1) is 0 Å². The second kappa shape index (κ2) is 5.11. The van der Waals surface area contributed by atoms with Gasteiger partial charge in [-0.25, -0.2) is 4.98 Å². The molecule has 3 aliphatic heterocycles. The number of imidazole rings is 1. The number of aryl methyl sites for hydroxylation is 1. The van der Waals surface area contributed by atoms with Gasteiger partial charge < -0.3 is 15.2 Å². The van der Waals surface area contributed by atoms with Gasteiger partial charge in [0.15, 0.2) is 0 Å². The number of fused-ring (bicyclic) bond motifs is 4. The summed E-state index contributed by atoms with van der Waals surface area (Å²) >= 11 is 0. The molecule has 3 saturated heterocycles. The van der Waals surface area contributed by atoms with Crippen molar-refractivity contribution in [1.82, 2.24) is 14.5 Å². The molecule has 3 aliphatic rings. The molecule has 2 N–H and O–H groups in total. The summed E-state index contributed by atoms with van der Waals surface area (Å²) in [5.74, 6) is 3.07. The van der Waals surface area contributed by atoms with Crippen LogP contribution >= 0.6 is 0 Å². The molecule has 1 aromatic heterocycles. The molecule has 4 nitrogen and oxygen atoms in total. The normalized spacial score (nSPS) is 29.9. The fraction of sp³-hybridized carbons (Fsp3) is 0.588. The maximum Gasteiger partial charge on any atom is 0.114 e. The van der Waals surface area contributed by atoms with Crippen LogP contribution in [0.3, 0.4) is 0 Å². The Morgan fingerprint density at radius 1 is 1.29 bits per heavy atom. The maximum atomic E-state index is 6.19. The number of hydrogen-bond acceptors (Lipinski definition) is 3. The molecule has 5 rings (SSSR count). The number of hydrogen-bond donors (Lipinski definition) is 1. The molecule has 1 aromatic carbocycles. The van der Waals surface area contributed by atoms with Crippen LogP contribution in [0.25, 0.3) is 11.0 Å². The van der Waals surface area contributed by atoms with Crippen molar-refractivity contribution < 1.29 is 0 Å². The van der Waals surface area contributed by atoms with Crippen LogP contribution in [0.5, 0.6) is 0 Å². The number of rotatable bonds is 3. The van der Waals surface area contributed by atoms with E-state index in [1.54, 1.807) is 0 Å². The topological polar surface area (TPSA) is 47.1 Å². The summed E-state index contributed by atoms with van der Waals surface area (Å²) in [5.41, 5.74) is 8.49. The van der Waals surface area contributed by atoms with Crippen molar-refractivity contribution in [3.63, 3.8) is 0 Å². The van der Waals surface area contributed by atoms with Crippen LogP contribution in [-0.4, -0.2) is 40.6 Å². The summed E-state index contributed by atoms with van der Waals surface area (Å²) in [6.45, 7) is 4.46. The van der Waals surface area contributed by atoms with E-state index >= 15 is 0 Å². The van der Waals surface area contributed by atoms with Gasteiger partial charge in [-0.3, -0.25) is 0 Å². The molecule has 2 unspecified atom stereocenters. The molecule has 4 heterocycles. The van der Waals surface area contributed by atoms with E-state index in [9.17, 15) is 0 Å². The average Bonchev–Trinajstić information content (AvgIpc) is 2.87. The summed E-state index contributed by atoms with van der Waals surface area (Å²) in [6, 6.07) is 8.39. The minimum Gasteiger partial charge on any atom is -0.331 e. The van der Waals surface area contributed by atoms with Crippen LogP contribution in [0.15, 0.2) is 24.3 Å². The SMILES string of the molecule is Cn1c(C(CN)C2CN3CCC2CC3)nc2ccccc21. The van der Waals surface area contributed by atoms with Crippen LogP contribution in [-0.2, 0) is 7.05 Å². The standard InChI is InChI=1S/C17H24N4/c1-20-16-5-3-2-4-15(16)19-17(20)13(10-18)14-11-21-8-6-12(14)7-9-21/h2-5,12-14H,6-11,18H2,1H3. The highest BCUT2D eigenvalue weighted by Gasteiger charge is 2.40. The Morgan fingerprint density at radius 2 is 2.05 bits per heavy atom. The van der Waals surface area contributed by atoms with E-state index in [1.807, 2.05) is 0 Å². The number of nitrogens with zero attached hydrogens (tertiary/aromatic N) is 3. The van der Waals surface area contributed by atoms with Crippen LogP contribution < -0.4 is 5.73 Å². The molecule has 21 heavy (non-hydrogen) atoms. The van der Waals surface area contributed by atoms with Gasteiger partial charge in [-0.05, 0) is 49.9 Å². The summed E-state index contributed by atoms with van der Waals surface area (Å²) in [5, 5.41) is 0. The van der Waals surface area contributed by atoms with Gasteiger partial charge in [-0.2, -0.15) is 0 Å². The molecule has 0 aliphatic carbocycles. The lowest BCUT2D eigenvalue weighted by molar-refractivity contribution is 0.0361. The second-order valence-electron chi connectivity index (χ2n) is 6.66. The zero-order valence-electron chi connectivity index (χ0n) is 12.7. The van der Waals surface area contributed by atoms with E-state index in [1.165, 1.54) is 43.8 Å². The van der Waals surface area contributed by atoms with Gasteiger partial charge >= 0.3 is 0 Å². The largest absolute Gasteiger partial charge is 0.331 e. The van der Waals surface area contributed by atoms with Crippen molar-refractivity contribution in [3.05, 3.63) is 30.1 Å². The highest BCUT2D eigenvalue weighted by atomic mass is 15.2. The molecule has 2 atom stereocenters. The Balaban J connectivity index is 1.73. The van der Waals surface area contributed by atoms with E-state index in [0.29, 0.717) is 18.4 Å². The predicted molar refractivity (Wildman–Crippen MR) is 85.2 cm³/mol. The van der Waals surface area contributed by atoms with Gasteiger partial charge in [0, 0.05) is 26.1 Å². The van der Waals surface area contributed by atoms with Crippen LogP contribution in [0, 0.1) is 11.8 Å². The molecule has 0 radical (unpaired) electrons. The summed E-state index contributed by atoms with van der Waals surface area (Å²) < 4.78 is 2.25. The Bertz CT molecular complexity index is 639. The quantitative estimate of drug-likeness (QED) is 0.937. The van der Waals surface area contributed by atoms with E-state index in [4.69, 9.17) is 10.7 Å². The molecule has 4 heteroatoms. The first-order valence-electron chi connectivity index (χ1n) is 8.11. The summed E-state index contributed by atoms with van der Waals surface area (Å²) in [6.07, 6.45) is 2.68. The van der Waals surface area contributed by atoms with Gasteiger partial charge in [0.25, 0.3) is 0 Å². The van der Waals surface area contributed by atoms with Gasteiger partial charge in [-0.1, -0.05) is 12.1 Å². The lowest BCUT2D eigenvalue weighted by Gasteiger charge is -2.47. The number of aromatic nitrogens is 2. The van der Waals surface area contributed by atoms with Crippen molar-refractivity contribution in [3.8, 4) is 0 Å². The number of nitrogens with two attached hydrogens (primary N) is 1. The Morgan fingerprint density at radius 3 is 2.67 bits per heavy atom.